The highest BCUT2D eigenvalue weighted by Gasteiger charge is 2.54. The van der Waals surface area contributed by atoms with Crippen LogP contribution in [0.3, 0.4) is 0 Å². The van der Waals surface area contributed by atoms with Gasteiger partial charge in [0.2, 0.25) is 0 Å². The number of aryl methyl sites for hydroxylation is 1. The summed E-state index contributed by atoms with van der Waals surface area (Å²) in [4.78, 5) is 17.5. The van der Waals surface area contributed by atoms with E-state index in [2.05, 4.69) is 49.3 Å². The van der Waals surface area contributed by atoms with Crippen LogP contribution >= 0.6 is 11.6 Å². The summed E-state index contributed by atoms with van der Waals surface area (Å²) in [5, 5.41) is 14.5. The zero-order valence-electron chi connectivity index (χ0n) is 26.9. The molecule has 1 aromatic heterocycles. The normalized spacial score (nSPS) is 26.1. The van der Waals surface area contributed by atoms with Gasteiger partial charge in [-0.15, -0.1) is 0 Å². The highest BCUT2D eigenvalue weighted by Crippen LogP contribution is 2.56. The van der Waals surface area contributed by atoms with Crippen LogP contribution < -0.4 is 14.8 Å². The van der Waals surface area contributed by atoms with Gasteiger partial charge in [0.25, 0.3) is 0 Å². The molecule has 1 fully saturated rings. The molecule has 3 atom stereocenters. The number of nitrogens with zero attached hydrogens (tertiary/aromatic N) is 1. The van der Waals surface area contributed by atoms with Gasteiger partial charge in [-0.3, -0.25) is 4.98 Å². The second kappa shape index (κ2) is 13.2. The summed E-state index contributed by atoms with van der Waals surface area (Å²) in [5.74, 6) is 2.32. The lowest BCUT2D eigenvalue weighted by atomic mass is 9.59. The smallest absolute Gasteiger partial charge is 0.329 e. The number of halogens is 1. The number of carboxylic acid groups (broad SMARTS) is 1. The molecule has 1 spiro atoms. The van der Waals surface area contributed by atoms with E-state index >= 15 is 0 Å². The molecule has 7 heteroatoms. The maximum atomic E-state index is 12.9. The second-order valence-electron chi connectivity index (χ2n) is 13.9. The molecule has 6 nitrogen and oxygen atoms in total. The number of aliphatic carboxylic acids is 1. The fraction of sp³-hybridized carbons (Fsp3) is 0.526. The molecule has 3 aliphatic rings. The number of aromatic nitrogens is 1. The summed E-state index contributed by atoms with van der Waals surface area (Å²) < 4.78 is 12.6. The summed E-state index contributed by atoms with van der Waals surface area (Å²) in [6.07, 6.45) is 10.9. The van der Waals surface area contributed by atoms with E-state index in [0.717, 1.165) is 55.7 Å². The fourth-order valence-electron chi connectivity index (χ4n) is 8.39. The summed E-state index contributed by atoms with van der Waals surface area (Å²) in [5.41, 5.74) is 4.83. The number of hydrogen-bond donors (Lipinski definition) is 2. The predicted octanol–water partition coefficient (Wildman–Crippen LogP) is 8.99. The molecule has 2 aromatic carbocycles. The number of fused-ring (bicyclic) bond motifs is 3. The molecule has 0 radical (unpaired) electrons. The van der Waals surface area contributed by atoms with Crippen LogP contribution in [0.1, 0.15) is 100 Å². The number of pyridine rings is 1. The Morgan fingerprint density at radius 1 is 1.13 bits per heavy atom. The maximum absolute atomic E-state index is 12.9. The van der Waals surface area contributed by atoms with Gasteiger partial charge in [0, 0.05) is 28.2 Å². The lowest BCUT2D eigenvalue weighted by molar-refractivity contribution is -0.144. The highest BCUT2D eigenvalue weighted by molar-refractivity contribution is 6.30. The molecule has 3 aliphatic carbocycles. The zero-order valence-corrected chi connectivity index (χ0v) is 27.7. The molecule has 0 unspecified atom stereocenters. The Labute approximate surface area is 272 Å². The molecule has 240 valence electrons. The lowest BCUT2D eigenvalue weighted by Crippen LogP contribution is -2.53. The van der Waals surface area contributed by atoms with Gasteiger partial charge in [-0.2, -0.15) is 0 Å². The van der Waals surface area contributed by atoms with Crippen molar-refractivity contribution in [1.29, 1.82) is 0 Å². The van der Waals surface area contributed by atoms with E-state index in [4.69, 9.17) is 21.1 Å². The molecule has 3 aromatic rings. The van der Waals surface area contributed by atoms with Crippen LogP contribution in [0, 0.1) is 11.8 Å². The Bertz CT molecular complexity index is 1520. The number of carboxylic acids is 1. The molecule has 45 heavy (non-hydrogen) atoms. The molecule has 0 aliphatic heterocycles. The van der Waals surface area contributed by atoms with Crippen molar-refractivity contribution in [2.45, 2.75) is 102 Å². The topological polar surface area (TPSA) is 80.7 Å². The molecule has 0 bridgehead atoms. The van der Waals surface area contributed by atoms with Crippen molar-refractivity contribution in [3.63, 3.8) is 0 Å². The fourth-order valence-corrected chi connectivity index (χ4v) is 8.58. The first-order valence-electron chi connectivity index (χ1n) is 16.9. The average molecular weight is 631 g/mol. The Hall–Kier alpha value is -3.25. The Kier molecular flexibility index (Phi) is 9.33. The minimum absolute atomic E-state index is 0.103. The van der Waals surface area contributed by atoms with E-state index in [0.29, 0.717) is 48.8 Å². The van der Waals surface area contributed by atoms with Gasteiger partial charge in [-0.05, 0) is 135 Å². The standard InChI is InChI=1S/C38H47ClN2O4/c1-4-19-44-31-12-11-27-21-28(20-25(2)24-45-34-13-18-40-33-10-5-7-26(3)35(33)34)37(32(27)23-31)14-16-38(17-15-37,36(42)43)41-30-9-6-8-29(39)22-30/h6,8-9,11-13,18,22-23,25-26,28,41H,4-5,7,10,14-17,19-21,24H2,1-3H3,(H,42,43)/t25-,26-,28+,37?,38?/m1/s1. The van der Waals surface area contributed by atoms with Crippen LogP contribution in [0.5, 0.6) is 11.5 Å². The Morgan fingerprint density at radius 3 is 2.71 bits per heavy atom. The average Bonchev–Trinajstić information content (AvgIpc) is 3.31. The van der Waals surface area contributed by atoms with Gasteiger partial charge in [0.05, 0.1) is 13.2 Å². The van der Waals surface area contributed by atoms with E-state index in [1.165, 1.54) is 35.2 Å². The number of ether oxygens (including phenoxy) is 2. The van der Waals surface area contributed by atoms with Crippen molar-refractivity contribution in [3.05, 3.63) is 82.1 Å². The van der Waals surface area contributed by atoms with Gasteiger partial charge in [0.15, 0.2) is 0 Å². The zero-order chi connectivity index (χ0) is 31.6. The second-order valence-corrected chi connectivity index (χ2v) is 14.3. The van der Waals surface area contributed by atoms with Crippen LogP contribution in [0.25, 0.3) is 0 Å². The molecule has 1 heterocycles. The van der Waals surface area contributed by atoms with E-state index in [1.807, 2.05) is 36.5 Å². The number of benzene rings is 2. The minimum Gasteiger partial charge on any atom is -0.494 e. The molecule has 0 saturated heterocycles. The first kappa shape index (κ1) is 31.7. The summed E-state index contributed by atoms with van der Waals surface area (Å²) >= 11 is 6.25. The number of rotatable bonds is 11. The van der Waals surface area contributed by atoms with E-state index in [1.54, 1.807) is 0 Å². The van der Waals surface area contributed by atoms with Crippen molar-refractivity contribution in [1.82, 2.24) is 4.98 Å². The molecule has 0 amide bonds. The molecular formula is C38H47ClN2O4. The van der Waals surface area contributed by atoms with Crippen molar-refractivity contribution < 1.29 is 19.4 Å². The van der Waals surface area contributed by atoms with Crippen LogP contribution in [-0.4, -0.2) is 34.8 Å². The maximum Gasteiger partial charge on any atom is 0.329 e. The van der Waals surface area contributed by atoms with Crippen molar-refractivity contribution >= 4 is 23.3 Å². The van der Waals surface area contributed by atoms with Gasteiger partial charge < -0.3 is 19.9 Å². The third kappa shape index (κ3) is 6.40. The van der Waals surface area contributed by atoms with Crippen LogP contribution in [0.4, 0.5) is 5.69 Å². The number of nitrogens with one attached hydrogen (secondary N) is 1. The summed E-state index contributed by atoms with van der Waals surface area (Å²) in [6, 6.07) is 16.0. The van der Waals surface area contributed by atoms with Gasteiger partial charge in [-0.1, -0.05) is 44.5 Å². The van der Waals surface area contributed by atoms with Gasteiger partial charge in [0.1, 0.15) is 17.0 Å². The molecule has 2 N–H and O–H groups in total. The number of anilines is 1. The van der Waals surface area contributed by atoms with Gasteiger partial charge in [-0.25, -0.2) is 4.79 Å². The first-order valence-corrected chi connectivity index (χ1v) is 17.2. The SMILES string of the molecule is CCCOc1ccc2c(c1)C1(CCC(Nc3cccc(Cl)c3)(C(=O)O)CC1)[C@@H](C[C@@H](C)COc1ccnc3c1[C@H](C)CCC3)C2. The predicted molar refractivity (Wildman–Crippen MR) is 180 cm³/mol. The van der Waals surface area contributed by atoms with Crippen molar-refractivity contribution in [3.8, 4) is 11.5 Å². The summed E-state index contributed by atoms with van der Waals surface area (Å²) in [7, 11) is 0. The molecule has 1 saturated carbocycles. The Balaban J connectivity index is 1.23. The Morgan fingerprint density at radius 2 is 1.96 bits per heavy atom. The van der Waals surface area contributed by atoms with Crippen molar-refractivity contribution in [2.75, 3.05) is 18.5 Å². The summed E-state index contributed by atoms with van der Waals surface area (Å²) in [6.45, 7) is 8.05. The number of hydrogen-bond acceptors (Lipinski definition) is 5. The molecular weight excluding hydrogens is 584 g/mol. The highest BCUT2D eigenvalue weighted by atomic mass is 35.5. The molecule has 6 rings (SSSR count). The third-order valence-electron chi connectivity index (χ3n) is 10.7. The van der Waals surface area contributed by atoms with Crippen LogP contribution in [0.15, 0.2) is 54.7 Å². The largest absolute Gasteiger partial charge is 0.494 e. The van der Waals surface area contributed by atoms with Gasteiger partial charge >= 0.3 is 5.97 Å². The van der Waals surface area contributed by atoms with E-state index in [9.17, 15) is 9.90 Å². The van der Waals surface area contributed by atoms with Crippen LogP contribution in [-0.2, 0) is 23.1 Å². The van der Waals surface area contributed by atoms with Crippen molar-refractivity contribution in [2.24, 2.45) is 11.8 Å². The van der Waals surface area contributed by atoms with Crippen LogP contribution in [0.2, 0.25) is 5.02 Å². The van der Waals surface area contributed by atoms with E-state index < -0.39 is 11.5 Å². The minimum atomic E-state index is -1.04. The first-order chi connectivity index (χ1) is 21.7. The van der Waals surface area contributed by atoms with E-state index in [-0.39, 0.29) is 5.41 Å². The monoisotopic (exact) mass is 630 g/mol. The third-order valence-corrected chi connectivity index (χ3v) is 11.0. The quantitative estimate of drug-likeness (QED) is 0.220. The number of carbonyl (C=O) groups is 1. The lowest BCUT2D eigenvalue weighted by Gasteiger charge is -2.47.